The fourth-order valence-electron chi connectivity index (χ4n) is 1.95. The van der Waals surface area contributed by atoms with Gasteiger partial charge in [-0.2, -0.15) is 10.5 Å². The second kappa shape index (κ2) is 7.25. The van der Waals surface area contributed by atoms with Gasteiger partial charge in [-0.05, 0) is 32.4 Å². The largest absolute Gasteiger partial charge is 0.340 e. The molecule has 0 saturated heterocycles. The van der Waals surface area contributed by atoms with E-state index in [1.54, 1.807) is 19.9 Å². The Morgan fingerprint density at radius 3 is 2.67 bits per heavy atom. The smallest absolute Gasteiger partial charge is 0.269 e. The van der Waals surface area contributed by atoms with Crippen LogP contribution >= 0.6 is 0 Å². The Balaban J connectivity index is 2.96. The van der Waals surface area contributed by atoms with Gasteiger partial charge in [0.25, 0.3) is 5.56 Å². The summed E-state index contributed by atoms with van der Waals surface area (Å²) in [5.41, 5.74) is 0.186. The van der Waals surface area contributed by atoms with Crippen molar-refractivity contribution in [3.63, 3.8) is 0 Å². The number of aromatic nitrogens is 1. The molecule has 1 heterocycles. The van der Waals surface area contributed by atoms with Crippen LogP contribution in [0.15, 0.2) is 17.1 Å². The molecule has 0 N–H and O–H groups in total. The first kappa shape index (κ1) is 16.5. The molecule has 0 radical (unpaired) electrons. The van der Waals surface area contributed by atoms with Gasteiger partial charge >= 0.3 is 0 Å². The van der Waals surface area contributed by atoms with Gasteiger partial charge in [0.15, 0.2) is 0 Å². The summed E-state index contributed by atoms with van der Waals surface area (Å²) < 4.78 is 1.23. The van der Waals surface area contributed by atoms with Crippen LogP contribution in [0.25, 0.3) is 0 Å². The van der Waals surface area contributed by atoms with Gasteiger partial charge in [0.1, 0.15) is 18.2 Å². The Bertz CT molecular complexity index is 664. The summed E-state index contributed by atoms with van der Waals surface area (Å²) in [4.78, 5) is 25.8. The second-order valence-corrected chi connectivity index (χ2v) is 4.88. The summed E-state index contributed by atoms with van der Waals surface area (Å²) in [5.74, 6) is -0.507. The van der Waals surface area contributed by atoms with Crippen LogP contribution in [0.4, 0.5) is 0 Å². The van der Waals surface area contributed by atoms with Gasteiger partial charge < -0.3 is 9.47 Å². The van der Waals surface area contributed by atoms with Gasteiger partial charge in [-0.25, -0.2) is 0 Å². The first-order valence-corrected chi connectivity index (χ1v) is 6.72. The Labute approximate surface area is 123 Å². The van der Waals surface area contributed by atoms with Crippen molar-refractivity contribution in [2.45, 2.75) is 27.3 Å². The molecule has 110 valence electrons. The maximum atomic E-state index is 12.2. The van der Waals surface area contributed by atoms with E-state index in [0.717, 1.165) is 0 Å². The van der Waals surface area contributed by atoms with Gasteiger partial charge in [-0.1, -0.05) is 0 Å². The van der Waals surface area contributed by atoms with Crippen molar-refractivity contribution in [2.75, 3.05) is 13.1 Å². The second-order valence-electron chi connectivity index (χ2n) is 4.88. The van der Waals surface area contributed by atoms with Crippen LogP contribution in [0.3, 0.4) is 0 Å². The summed E-state index contributed by atoms with van der Waals surface area (Å²) >= 11 is 0. The molecule has 0 aliphatic heterocycles. The first-order valence-electron chi connectivity index (χ1n) is 6.72. The van der Waals surface area contributed by atoms with Crippen molar-refractivity contribution in [2.24, 2.45) is 5.92 Å². The molecule has 0 spiro atoms. The summed E-state index contributed by atoms with van der Waals surface area (Å²) in [6, 6.07) is 5.58. The highest BCUT2D eigenvalue weighted by Crippen LogP contribution is 2.03. The molecular weight excluding hydrogens is 268 g/mol. The lowest BCUT2D eigenvalue weighted by Crippen LogP contribution is -2.39. The molecule has 0 fully saturated rings. The molecule has 0 aliphatic rings. The predicted molar refractivity (Wildman–Crippen MR) is 77.2 cm³/mol. The molecule has 0 saturated carbocycles. The van der Waals surface area contributed by atoms with E-state index in [1.165, 1.54) is 15.7 Å². The monoisotopic (exact) mass is 286 g/mol. The third-order valence-corrected chi connectivity index (χ3v) is 3.24. The van der Waals surface area contributed by atoms with Crippen molar-refractivity contribution in [3.05, 3.63) is 33.7 Å². The molecule has 1 aromatic rings. The number of carbonyl (C=O) groups excluding carboxylic acids is 1. The Morgan fingerprint density at radius 1 is 1.48 bits per heavy atom. The van der Waals surface area contributed by atoms with Gasteiger partial charge in [-0.3, -0.25) is 9.59 Å². The molecule has 6 nitrogen and oxygen atoms in total. The third-order valence-electron chi connectivity index (χ3n) is 3.24. The number of carbonyl (C=O) groups is 1. The zero-order valence-electron chi connectivity index (χ0n) is 12.5. The molecule has 0 aromatic carbocycles. The predicted octanol–water partition coefficient (Wildman–Crippen LogP) is 1.04. The van der Waals surface area contributed by atoms with Crippen molar-refractivity contribution < 1.29 is 4.79 Å². The van der Waals surface area contributed by atoms with Crippen LogP contribution in [-0.2, 0) is 11.3 Å². The van der Waals surface area contributed by atoms with Crippen LogP contribution < -0.4 is 5.56 Å². The lowest BCUT2D eigenvalue weighted by atomic mass is 10.2. The van der Waals surface area contributed by atoms with E-state index in [1.807, 2.05) is 13.0 Å². The molecule has 1 rings (SSSR count). The number of pyridine rings is 1. The minimum absolute atomic E-state index is 0.0544. The summed E-state index contributed by atoms with van der Waals surface area (Å²) in [7, 11) is 0. The number of amides is 1. The van der Waals surface area contributed by atoms with Crippen LogP contribution in [0.2, 0.25) is 0 Å². The van der Waals surface area contributed by atoms with Crippen LogP contribution in [-0.4, -0.2) is 28.5 Å². The van der Waals surface area contributed by atoms with Crippen molar-refractivity contribution in [1.29, 1.82) is 10.5 Å². The molecule has 0 aliphatic carbocycles. The van der Waals surface area contributed by atoms with E-state index in [2.05, 4.69) is 6.07 Å². The third kappa shape index (κ3) is 3.93. The highest BCUT2D eigenvalue weighted by atomic mass is 16.2. The highest BCUT2D eigenvalue weighted by Gasteiger charge is 2.16. The van der Waals surface area contributed by atoms with E-state index in [-0.39, 0.29) is 23.9 Å². The van der Waals surface area contributed by atoms with E-state index < -0.39 is 5.56 Å². The van der Waals surface area contributed by atoms with Gasteiger partial charge in [-0.15, -0.1) is 0 Å². The number of nitrogens with zero attached hydrogens (tertiary/aromatic N) is 4. The van der Waals surface area contributed by atoms with Crippen molar-refractivity contribution >= 4 is 5.91 Å². The topological polar surface area (TPSA) is 89.9 Å². The Morgan fingerprint density at radius 2 is 2.14 bits per heavy atom. The first-order chi connectivity index (χ1) is 9.94. The lowest BCUT2D eigenvalue weighted by molar-refractivity contribution is -0.132. The summed E-state index contributed by atoms with van der Waals surface area (Å²) in [5, 5.41) is 17.8. The van der Waals surface area contributed by atoms with E-state index in [0.29, 0.717) is 18.7 Å². The molecule has 1 amide bonds. The fourth-order valence-corrected chi connectivity index (χ4v) is 1.95. The Hall–Kier alpha value is -2.60. The van der Waals surface area contributed by atoms with Crippen LogP contribution in [0, 0.1) is 35.5 Å². The average Bonchev–Trinajstić information content (AvgIpc) is 2.47. The molecule has 1 aromatic heterocycles. The fraction of sp³-hybridized carbons (Fsp3) is 0.467. The quantitative estimate of drug-likeness (QED) is 0.808. The zero-order chi connectivity index (χ0) is 16.0. The van der Waals surface area contributed by atoms with E-state index in [9.17, 15) is 9.59 Å². The van der Waals surface area contributed by atoms with Gasteiger partial charge in [0, 0.05) is 19.3 Å². The van der Waals surface area contributed by atoms with Crippen LogP contribution in [0.5, 0.6) is 0 Å². The molecule has 21 heavy (non-hydrogen) atoms. The zero-order valence-corrected chi connectivity index (χ0v) is 12.5. The molecule has 0 unspecified atom stereocenters. The number of nitriles is 2. The summed E-state index contributed by atoms with van der Waals surface area (Å²) in [6.07, 6.45) is 1.51. The standard InChI is InChI=1S/C15H18N4O2/c1-4-18(9-11(2)7-16)14(20)10-19-6-5-12(3)13(8-17)15(19)21/h5-6,11H,4,9-10H2,1-3H3/t11-/m1/s1. The van der Waals surface area contributed by atoms with Crippen molar-refractivity contribution in [3.8, 4) is 12.1 Å². The van der Waals surface area contributed by atoms with Crippen molar-refractivity contribution in [1.82, 2.24) is 9.47 Å². The molecular formula is C15H18N4O2. The van der Waals surface area contributed by atoms with E-state index >= 15 is 0 Å². The van der Waals surface area contributed by atoms with E-state index in [4.69, 9.17) is 10.5 Å². The lowest BCUT2D eigenvalue weighted by Gasteiger charge is -2.22. The van der Waals surface area contributed by atoms with Gasteiger partial charge in [0.2, 0.25) is 5.91 Å². The number of aryl methyl sites for hydroxylation is 1. The number of likely N-dealkylation sites (N-methyl/N-ethyl adjacent to an activating group) is 1. The normalized spacial score (nSPS) is 11.3. The minimum atomic E-state index is -0.463. The summed E-state index contributed by atoms with van der Waals surface area (Å²) in [6.45, 7) is 5.91. The SMILES string of the molecule is CCN(C[C@H](C)C#N)C(=O)Cn1ccc(C)c(C#N)c1=O. The molecule has 1 atom stereocenters. The molecule has 0 bridgehead atoms. The van der Waals surface area contributed by atoms with Crippen LogP contribution in [0.1, 0.15) is 25.0 Å². The average molecular weight is 286 g/mol. The molecule has 6 heteroatoms. The number of hydrogen-bond acceptors (Lipinski definition) is 4. The minimum Gasteiger partial charge on any atom is -0.340 e. The Kier molecular flexibility index (Phi) is 5.68. The number of hydrogen-bond donors (Lipinski definition) is 0. The highest BCUT2D eigenvalue weighted by molar-refractivity contribution is 5.76. The van der Waals surface area contributed by atoms with Gasteiger partial charge in [0.05, 0.1) is 12.0 Å². The number of rotatable bonds is 5. The maximum Gasteiger partial charge on any atom is 0.269 e. The maximum absolute atomic E-state index is 12.2.